The molecular formula is C24H27ClN2O3. The van der Waals surface area contributed by atoms with Crippen LogP contribution in [0.2, 0.25) is 0 Å². The van der Waals surface area contributed by atoms with Gasteiger partial charge in [0, 0.05) is 24.2 Å². The van der Waals surface area contributed by atoms with Crippen molar-refractivity contribution in [3.05, 3.63) is 69.9 Å². The van der Waals surface area contributed by atoms with Crippen LogP contribution in [-0.4, -0.2) is 37.5 Å². The van der Waals surface area contributed by atoms with Gasteiger partial charge in [-0.05, 0) is 51.4 Å². The molecule has 2 heterocycles. The molecule has 1 saturated heterocycles. The molecule has 1 N–H and O–H groups in total. The topological polar surface area (TPSA) is 62.6 Å². The van der Waals surface area contributed by atoms with Gasteiger partial charge in [0.15, 0.2) is 11.0 Å². The lowest BCUT2D eigenvalue weighted by Gasteiger charge is -2.32. The third-order valence-corrected chi connectivity index (χ3v) is 5.71. The highest BCUT2D eigenvalue weighted by molar-refractivity contribution is 6.05. The number of nitrogens with zero attached hydrogens (tertiary/aromatic N) is 1. The molecule has 0 radical (unpaired) electrons. The van der Waals surface area contributed by atoms with Crippen LogP contribution in [0.5, 0.6) is 0 Å². The number of halogens is 1. The Morgan fingerprint density at radius 1 is 1.17 bits per heavy atom. The lowest BCUT2D eigenvalue weighted by atomic mass is 9.97. The minimum Gasteiger partial charge on any atom is -0.455 e. The number of piperidine rings is 1. The van der Waals surface area contributed by atoms with Gasteiger partial charge in [-0.15, -0.1) is 12.4 Å². The Morgan fingerprint density at radius 3 is 2.67 bits per heavy atom. The van der Waals surface area contributed by atoms with Crippen molar-refractivity contribution in [3.63, 3.8) is 0 Å². The first kappa shape index (κ1) is 22.1. The molecule has 1 fully saturated rings. The Hall–Kier alpha value is -2.63. The third kappa shape index (κ3) is 4.13. The van der Waals surface area contributed by atoms with Crippen LogP contribution >= 0.6 is 12.4 Å². The van der Waals surface area contributed by atoms with E-state index in [0.717, 1.165) is 38.0 Å². The maximum atomic E-state index is 13.4. The van der Waals surface area contributed by atoms with E-state index in [-0.39, 0.29) is 23.7 Å². The Balaban J connectivity index is 0.00000256. The van der Waals surface area contributed by atoms with E-state index < -0.39 is 0 Å². The summed E-state index contributed by atoms with van der Waals surface area (Å²) in [5, 5.41) is 3.66. The van der Waals surface area contributed by atoms with E-state index in [9.17, 15) is 9.59 Å². The molecule has 3 aromatic rings. The fourth-order valence-corrected chi connectivity index (χ4v) is 4.22. The number of carbonyl (C=O) groups excluding carboxylic acids is 1. The van der Waals surface area contributed by atoms with Crippen LogP contribution in [0.4, 0.5) is 0 Å². The lowest BCUT2D eigenvalue weighted by Crippen LogP contribution is -2.42. The van der Waals surface area contributed by atoms with Crippen molar-refractivity contribution in [1.29, 1.82) is 0 Å². The molecule has 4 rings (SSSR count). The maximum Gasteiger partial charge on any atom is 0.257 e. The zero-order valence-electron chi connectivity index (χ0n) is 17.3. The summed E-state index contributed by atoms with van der Waals surface area (Å²) >= 11 is 0. The molecular weight excluding hydrogens is 400 g/mol. The van der Waals surface area contributed by atoms with E-state index in [2.05, 4.69) is 5.32 Å². The van der Waals surface area contributed by atoms with Crippen molar-refractivity contribution in [2.75, 3.05) is 26.7 Å². The van der Waals surface area contributed by atoms with Crippen LogP contribution in [0.15, 0.2) is 57.7 Å². The minimum absolute atomic E-state index is 0. The van der Waals surface area contributed by atoms with Crippen LogP contribution in [0.25, 0.3) is 22.3 Å². The second kappa shape index (κ2) is 9.45. The van der Waals surface area contributed by atoms with Gasteiger partial charge in [-0.3, -0.25) is 9.59 Å². The zero-order chi connectivity index (χ0) is 20.4. The van der Waals surface area contributed by atoms with Gasteiger partial charge in [0.05, 0.1) is 10.9 Å². The van der Waals surface area contributed by atoms with Gasteiger partial charge in [0.2, 0.25) is 0 Å². The van der Waals surface area contributed by atoms with Crippen molar-refractivity contribution >= 4 is 29.3 Å². The highest BCUT2D eigenvalue weighted by Gasteiger charge is 2.26. The fourth-order valence-electron chi connectivity index (χ4n) is 4.22. The molecule has 6 heteroatoms. The molecule has 0 bridgehead atoms. The van der Waals surface area contributed by atoms with E-state index in [1.807, 2.05) is 42.3 Å². The van der Waals surface area contributed by atoms with Crippen LogP contribution in [0.1, 0.15) is 28.8 Å². The first-order chi connectivity index (χ1) is 14.1. The third-order valence-electron chi connectivity index (χ3n) is 5.71. The molecule has 5 nitrogen and oxygen atoms in total. The molecule has 30 heavy (non-hydrogen) atoms. The zero-order valence-corrected chi connectivity index (χ0v) is 18.1. The van der Waals surface area contributed by atoms with Gasteiger partial charge in [-0.2, -0.15) is 0 Å². The molecule has 1 aromatic heterocycles. The smallest absolute Gasteiger partial charge is 0.257 e. The summed E-state index contributed by atoms with van der Waals surface area (Å²) in [6, 6.07) is 14.8. The summed E-state index contributed by atoms with van der Waals surface area (Å²) in [4.78, 5) is 28.3. The second-order valence-corrected chi connectivity index (χ2v) is 7.75. The number of nitrogens with one attached hydrogen (secondary N) is 1. The number of likely N-dealkylation sites (tertiary alicyclic amines) is 1. The molecule has 158 valence electrons. The minimum atomic E-state index is -0.0912. The molecule has 2 aromatic carbocycles. The highest BCUT2D eigenvalue weighted by atomic mass is 35.5. The number of hydrogen-bond acceptors (Lipinski definition) is 4. The summed E-state index contributed by atoms with van der Waals surface area (Å²) in [7, 11) is 1.94. The SMILES string of the molecule is CNCC1CCCN(C(=O)c2cccc3c(=O)c(C)c(-c4ccccc4)oc23)C1.Cl. The van der Waals surface area contributed by atoms with E-state index in [4.69, 9.17) is 4.42 Å². The average molecular weight is 427 g/mol. The fraction of sp³-hybridized carbons (Fsp3) is 0.333. The normalized spacial score (nSPS) is 16.3. The average Bonchev–Trinajstić information content (AvgIpc) is 2.76. The van der Waals surface area contributed by atoms with E-state index in [1.54, 1.807) is 25.1 Å². The standard InChI is InChI=1S/C24H26N2O3.ClH/c1-16-21(27)19-11-6-12-20(23(19)29-22(16)18-9-4-3-5-10-18)24(28)26-13-7-8-17(15-26)14-25-2;/h3-6,9-12,17,25H,7-8,13-15H2,1-2H3;1H. The van der Waals surface area contributed by atoms with Gasteiger partial charge in [-0.25, -0.2) is 0 Å². The summed E-state index contributed by atoms with van der Waals surface area (Å²) in [5.74, 6) is 0.902. The van der Waals surface area contributed by atoms with Crippen LogP contribution in [0, 0.1) is 12.8 Å². The molecule has 0 saturated carbocycles. The lowest BCUT2D eigenvalue weighted by molar-refractivity contribution is 0.0675. The quantitative estimate of drug-likeness (QED) is 0.677. The Bertz CT molecular complexity index is 1090. The van der Waals surface area contributed by atoms with Crippen molar-refractivity contribution < 1.29 is 9.21 Å². The van der Waals surface area contributed by atoms with Crippen molar-refractivity contribution in [2.24, 2.45) is 5.92 Å². The van der Waals surface area contributed by atoms with Crippen molar-refractivity contribution in [1.82, 2.24) is 10.2 Å². The van der Waals surface area contributed by atoms with Gasteiger partial charge in [0.25, 0.3) is 5.91 Å². The number of benzene rings is 2. The first-order valence-electron chi connectivity index (χ1n) is 10.2. The largest absolute Gasteiger partial charge is 0.455 e. The van der Waals surface area contributed by atoms with Gasteiger partial charge >= 0.3 is 0 Å². The predicted octanol–water partition coefficient (Wildman–Crippen LogP) is 4.26. The summed E-state index contributed by atoms with van der Waals surface area (Å²) in [6.07, 6.45) is 2.10. The highest BCUT2D eigenvalue weighted by Crippen LogP contribution is 2.28. The summed E-state index contributed by atoms with van der Waals surface area (Å²) in [5.41, 5.74) is 2.13. The Kier molecular flexibility index (Phi) is 6.95. The van der Waals surface area contributed by atoms with Gasteiger partial charge in [-0.1, -0.05) is 36.4 Å². The molecule has 0 aliphatic carbocycles. The molecule has 0 spiro atoms. The number of rotatable bonds is 4. The Labute approximate surface area is 182 Å². The van der Waals surface area contributed by atoms with Crippen LogP contribution in [0.3, 0.4) is 0 Å². The maximum absolute atomic E-state index is 13.4. The van der Waals surface area contributed by atoms with E-state index >= 15 is 0 Å². The number of fused-ring (bicyclic) bond motifs is 1. The van der Waals surface area contributed by atoms with E-state index in [1.165, 1.54) is 0 Å². The van der Waals surface area contributed by atoms with E-state index in [0.29, 0.717) is 33.8 Å². The number of hydrogen-bond donors (Lipinski definition) is 1. The molecule has 1 amide bonds. The number of para-hydroxylation sites is 1. The summed E-state index contributed by atoms with van der Waals surface area (Å²) < 4.78 is 6.22. The predicted molar refractivity (Wildman–Crippen MR) is 122 cm³/mol. The summed E-state index contributed by atoms with van der Waals surface area (Å²) in [6.45, 7) is 4.12. The van der Waals surface area contributed by atoms with Gasteiger partial charge < -0.3 is 14.6 Å². The monoisotopic (exact) mass is 426 g/mol. The second-order valence-electron chi connectivity index (χ2n) is 7.75. The Morgan fingerprint density at radius 2 is 1.93 bits per heavy atom. The molecule has 1 unspecified atom stereocenters. The molecule has 1 aliphatic heterocycles. The molecule has 1 atom stereocenters. The number of amides is 1. The van der Waals surface area contributed by atoms with Crippen LogP contribution < -0.4 is 10.7 Å². The van der Waals surface area contributed by atoms with Crippen molar-refractivity contribution in [3.8, 4) is 11.3 Å². The van der Waals surface area contributed by atoms with Crippen molar-refractivity contribution in [2.45, 2.75) is 19.8 Å². The first-order valence-corrected chi connectivity index (χ1v) is 10.2. The van der Waals surface area contributed by atoms with Crippen LogP contribution in [-0.2, 0) is 0 Å². The van der Waals surface area contributed by atoms with Gasteiger partial charge in [0.1, 0.15) is 5.76 Å². The molecule has 1 aliphatic rings. The number of carbonyl (C=O) groups is 1.